The molecule has 3 nitrogen and oxygen atoms in total. The Kier molecular flexibility index (Phi) is 2.56. The Bertz CT molecular complexity index is 409. The number of amides is 1. The van der Waals surface area contributed by atoms with Gasteiger partial charge in [0.05, 0.1) is 13.7 Å². The van der Waals surface area contributed by atoms with Gasteiger partial charge in [-0.25, -0.2) is 5.06 Å². The third-order valence-electron chi connectivity index (χ3n) is 2.53. The number of carbonyl (C=O) groups is 1. The first-order valence-corrected chi connectivity index (χ1v) is 4.85. The SMILES string of the molecule is CON1CC(C)=C(c2ccccc2)C1=O. The summed E-state index contributed by atoms with van der Waals surface area (Å²) in [7, 11) is 1.51. The average Bonchev–Trinajstić information content (AvgIpc) is 2.55. The maximum Gasteiger partial charge on any atom is 0.278 e. The molecule has 3 heteroatoms. The van der Waals surface area contributed by atoms with Crippen LogP contribution in [0.2, 0.25) is 0 Å². The van der Waals surface area contributed by atoms with Gasteiger partial charge in [-0.05, 0) is 18.1 Å². The first-order chi connectivity index (χ1) is 7.24. The summed E-state index contributed by atoms with van der Waals surface area (Å²) in [6.07, 6.45) is 0. The van der Waals surface area contributed by atoms with E-state index < -0.39 is 0 Å². The molecule has 0 saturated heterocycles. The summed E-state index contributed by atoms with van der Waals surface area (Å²) in [5.41, 5.74) is 2.77. The van der Waals surface area contributed by atoms with Gasteiger partial charge in [-0.15, -0.1) is 0 Å². The molecule has 0 spiro atoms. The number of hydrogen-bond donors (Lipinski definition) is 0. The molecular weight excluding hydrogens is 190 g/mol. The number of rotatable bonds is 2. The molecule has 15 heavy (non-hydrogen) atoms. The molecule has 0 saturated carbocycles. The van der Waals surface area contributed by atoms with Crippen molar-refractivity contribution >= 4 is 11.5 Å². The zero-order chi connectivity index (χ0) is 10.8. The van der Waals surface area contributed by atoms with Crippen LogP contribution < -0.4 is 0 Å². The molecule has 0 unspecified atom stereocenters. The van der Waals surface area contributed by atoms with E-state index >= 15 is 0 Å². The van der Waals surface area contributed by atoms with E-state index in [0.29, 0.717) is 6.54 Å². The van der Waals surface area contributed by atoms with Crippen LogP contribution in [0.4, 0.5) is 0 Å². The Morgan fingerprint density at radius 2 is 1.93 bits per heavy atom. The van der Waals surface area contributed by atoms with Crippen molar-refractivity contribution in [2.45, 2.75) is 6.92 Å². The van der Waals surface area contributed by atoms with Crippen molar-refractivity contribution in [3.8, 4) is 0 Å². The van der Waals surface area contributed by atoms with Crippen LogP contribution in [0.5, 0.6) is 0 Å². The van der Waals surface area contributed by atoms with Crippen molar-refractivity contribution in [1.82, 2.24) is 5.06 Å². The lowest BCUT2D eigenvalue weighted by Crippen LogP contribution is -2.25. The molecule has 1 aromatic carbocycles. The van der Waals surface area contributed by atoms with Gasteiger partial charge in [0.2, 0.25) is 0 Å². The number of nitrogens with zero attached hydrogens (tertiary/aromatic N) is 1. The Morgan fingerprint density at radius 3 is 2.47 bits per heavy atom. The summed E-state index contributed by atoms with van der Waals surface area (Å²) < 4.78 is 0. The minimum absolute atomic E-state index is 0.0544. The molecule has 0 atom stereocenters. The molecule has 1 aromatic rings. The predicted molar refractivity (Wildman–Crippen MR) is 57.8 cm³/mol. The van der Waals surface area contributed by atoms with Crippen LogP contribution in [0.1, 0.15) is 12.5 Å². The van der Waals surface area contributed by atoms with Gasteiger partial charge in [-0.1, -0.05) is 30.3 Å². The molecule has 2 rings (SSSR count). The van der Waals surface area contributed by atoms with Crippen molar-refractivity contribution in [2.75, 3.05) is 13.7 Å². The molecule has 1 aliphatic rings. The highest BCUT2D eigenvalue weighted by atomic mass is 16.7. The van der Waals surface area contributed by atoms with Crippen LogP contribution in [0.3, 0.4) is 0 Å². The highest BCUT2D eigenvalue weighted by molar-refractivity contribution is 6.22. The molecule has 0 fully saturated rings. The highest BCUT2D eigenvalue weighted by Gasteiger charge is 2.28. The second kappa shape index (κ2) is 3.87. The van der Waals surface area contributed by atoms with Crippen molar-refractivity contribution in [3.63, 3.8) is 0 Å². The normalized spacial score (nSPS) is 16.4. The monoisotopic (exact) mass is 203 g/mol. The zero-order valence-electron chi connectivity index (χ0n) is 8.86. The van der Waals surface area contributed by atoms with E-state index in [9.17, 15) is 4.79 Å². The summed E-state index contributed by atoms with van der Waals surface area (Å²) in [6.45, 7) is 2.51. The van der Waals surface area contributed by atoms with Crippen LogP contribution in [0.25, 0.3) is 5.57 Å². The van der Waals surface area contributed by atoms with Gasteiger partial charge in [0.1, 0.15) is 0 Å². The van der Waals surface area contributed by atoms with Gasteiger partial charge in [0.15, 0.2) is 0 Å². The quantitative estimate of drug-likeness (QED) is 0.734. The van der Waals surface area contributed by atoms with Crippen molar-refractivity contribution < 1.29 is 9.63 Å². The van der Waals surface area contributed by atoms with Crippen molar-refractivity contribution in [3.05, 3.63) is 41.5 Å². The van der Waals surface area contributed by atoms with Gasteiger partial charge in [-0.3, -0.25) is 9.63 Å². The highest BCUT2D eigenvalue weighted by Crippen LogP contribution is 2.27. The minimum atomic E-state index is -0.0544. The smallest absolute Gasteiger partial charge is 0.274 e. The van der Waals surface area contributed by atoms with Gasteiger partial charge in [-0.2, -0.15) is 0 Å². The summed E-state index contributed by atoms with van der Waals surface area (Å²) in [4.78, 5) is 16.9. The fourth-order valence-corrected chi connectivity index (χ4v) is 1.80. The summed E-state index contributed by atoms with van der Waals surface area (Å²) in [5, 5.41) is 1.37. The second-order valence-electron chi connectivity index (χ2n) is 3.55. The largest absolute Gasteiger partial charge is 0.278 e. The molecule has 0 radical (unpaired) electrons. The fraction of sp³-hybridized carbons (Fsp3) is 0.250. The molecule has 0 aliphatic carbocycles. The fourth-order valence-electron chi connectivity index (χ4n) is 1.80. The third kappa shape index (κ3) is 1.66. The molecule has 0 bridgehead atoms. The Balaban J connectivity index is 2.38. The summed E-state index contributed by atoms with van der Waals surface area (Å²) >= 11 is 0. The van der Waals surface area contributed by atoms with E-state index in [1.54, 1.807) is 0 Å². The molecule has 1 heterocycles. The van der Waals surface area contributed by atoms with E-state index in [4.69, 9.17) is 4.84 Å². The van der Waals surface area contributed by atoms with Crippen LogP contribution in [0.15, 0.2) is 35.9 Å². The Labute approximate surface area is 88.9 Å². The Morgan fingerprint density at radius 1 is 1.27 bits per heavy atom. The number of carbonyl (C=O) groups excluding carboxylic acids is 1. The van der Waals surface area contributed by atoms with Gasteiger partial charge >= 0.3 is 0 Å². The van der Waals surface area contributed by atoms with Gasteiger partial charge in [0.25, 0.3) is 5.91 Å². The van der Waals surface area contributed by atoms with E-state index in [1.807, 2.05) is 37.3 Å². The zero-order valence-corrected chi connectivity index (χ0v) is 8.86. The third-order valence-corrected chi connectivity index (χ3v) is 2.53. The van der Waals surface area contributed by atoms with Crippen molar-refractivity contribution in [2.24, 2.45) is 0 Å². The van der Waals surface area contributed by atoms with Gasteiger partial charge in [0, 0.05) is 5.57 Å². The van der Waals surface area contributed by atoms with Crippen LogP contribution >= 0.6 is 0 Å². The lowest BCUT2D eigenvalue weighted by Gasteiger charge is -2.12. The molecule has 0 N–H and O–H groups in total. The molecule has 1 aliphatic heterocycles. The Hall–Kier alpha value is -1.61. The van der Waals surface area contributed by atoms with Crippen LogP contribution in [-0.2, 0) is 9.63 Å². The minimum Gasteiger partial charge on any atom is -0.274 e. The number of hydrogen-bond acceptors (Lipinski definition) is 2. The molecule has 78 valence electrons. The van der Waals surface area contributed by atoms with Gasteiger partial charge < -0.3 is 0 Å². The first kappa shape index (κ1) is 9.93. The molecule has 0 aromatic heterocycles. The first-order valence-electron chi connectivity index (χ1n) is 4.85. The number of benzene rings is 1. The van der Waals surface area contributed by atoms with E-state index in [2.05, 4.69) is 0 Å². The number of hydroxylamine groups is 2. The molecular formula is C12H13NO2. The maximum atomic E-state index is 11.9. The average molecular weight is 203 g/mol. The molecule has 1 amide bonds. The maximum absolute atomic E-state index is 11.9. The lowest BCUT2D eigenvalue weighted by atomic mass is 10.0. The summed E-state index contributed by atoms with van der Waals surface area (Å²) in [6, 6.07) is 9.68. The van der Waals surface area contributed by atoms with E-state index in [1.165, 1.54) is 12.2 Å². The van der Waals surface area contributed by atoms with E-state index in [0.717, 1.165) is 16.7 Å². The van der Waals surface area contributed by atoms with Crippen LogP contribution in [0, 0.1) is 0 Å². The lowest BCUT2D eigenvalue weighted by molar-refractivity contribution is -0.163. The topological polar surface area (TPSA) is 29.5 Å². The van der Waals surface area contributed by atoms with Crippen LogP contribution in [-0.4, -0.2) is 24.6 Å². The van der Waals surface area contributed by atoms with Crippen molar-refractivity contribution in [1.29, 1.82) is 0 Å². The van der Waals surface area contributed by atoms with E-state index in [-0.39, 0.29) is 5.91 Å². The summed E-state index contributed by atoms with van der Waals surface area (Å²) in [5.74, 6) is -0.0544. The second-order valence-corrected chi connectivity index (χ2v) is 3.55. The standard InChI is InChI=1S/C12H13NO2/c1-9-8-13(15-2)12(14)11(9)10-6-4-3-5-7-10/h3-7H,8H2,1-2H3. The predicted octanol–water partition coefficient (Wildman–Crippen LogP) is 1.86.